The maximum Gasteiger partial charge on any atom is 0.261 e. The molecule has 0 aliphatic carbocycles. The van der Waals surface area contributed by atoms with Crippen LogP contribution >= 0.6 is 0 Å². The summed E-state index contributed by atoms with van der Waals surface area (Å²) in [7, 11) is 0.104. The Hall–Kier alpha value is -2.25. The molecule has 6 nitrogen and oxygen atoms in total. The van der Waals surface area contributed by atoms with Crippen LogP contribution in [0.15, 0.2) is 47.4 Å². The van der Waals surface area contributed by atoms with Crippen molar-refractivity contribution >= 4 is 21.4 Å². The van der Waals surface area contributed by atoms with E-state index in [0.717, 1.165) is 43.2 Å². The summed E-state index contributed by atoms with van der Waals surface area (Å²) < 4.78 is 33.4. The largest absolute Gasteiger partial charge is 0.495 e. The first-order chi connectivity index (χ1) is 12.4. The molecule has 2 aromatic carbocycles. The Morgan fingerprint density at radius 1 is 1.00 bits per heavy atom. The number of hydrogen-bond acceptors (Lipinski definition) is 5. The maximum absolute atomic E-state index is 12.6. The van der Waals surface area contributed by atoms with Crippen molar-refractivity contribution in [3.8, 4) is 5.75 Å². The summed E-state index contributed by atoms with van der Waals surface area (Å²) in [5.41, 5.74) is 2.45. The molecule has 1 aliphatic heterocycles. The van der Waals surface area contributed by atoms with Crippen molar-refractivity contribution in [2.24, 2.45) is 0 Å². The highest BCUT2D eigenvalue weighted by molar-refractivity contribution is 7.92. The van der Waals surface area contributed by atoms with Crippen molar-refractivity contribution in [1.82, 2.24) is 4.90 Å². The molecule has 0 atom stereocenters. The van der Waals surface area contributed by atoms with Crippen LogP contribution < -0.4 is 14.4 Å². The zero-order valence-electron chi connectivity index (χ0n) is 15.4. The molecule has 1 saturated heterocycles. The second kappa shape index (κ2) is 7.55. The fourth-order valence-electron chi connectivity index (χ4n) is 2.98. The number of nitrogens with zero attached hydrogens (tertiary/aromatic N) is 2. The number of sulfonamides is 1. The molecule has 0 radical (unpaired) electrons. The van der Waals surface area contributed by atoms with Crippen LogP contribution in [0.3, 0.4) is 0 Å². The number of benzene rings is 2. The first kappa shape index (κ1) is 18.5. The number of aryl methyl sites for hydroxylation is 1. The van der Waals surface area contributed by atoms with Crippen LogP contribution in [0.1, 0.15) is 5.56 Å². The molecule has 1 N–H and O–H groups in total. The molecule has 0 spiro atoms. The fraction of sp³-hybridized carbons (Fsp3) is 0.368. The number of hydrogen-bond donors (Lipinski definition) is 1. The minimum absolute atomic E-state index is 0.250. The number of rotatable bonds is 5. The lowest BCUT2D eigenvalue weighted by Gasteiger charge is -2.35. The van der Waals surface area contributed by atoms with Crippen molar-refractivity contribution in [3.63, 3.8) is 0 Å². The molecule has 26 heavy (non-hydrogen) atoms. The highest BCUT2D eigenvalue weighted by atomic mass is 32.2. The molecule has 1 aliphatic rings. The molecule has 7 heteroatoms. The zero-order chi connectivity index (χ0) is 18.7. The van der Waals surface area contributed by atoms with Gasteiger partial charge in [-0.1, -0.05) is 17.7 Å². The quantitative estimate of drug-likeness (QED) is 0.870. The van der Waals surface area contributed by atoms with Gasteiger partial charge in [0.05, 0.1) is 23.4 Å². The van der Waals surface area contributed by atoms with Crippen LogP contribution in [0.2, 0.25) is 0 Å². The van der Waals surface area contributed by atoms with Gasteiger partial charge >= 0.3 is 0 Å². The molecule has 2 aromatic rings. The first-order valence-electron chi connectivity index (χ1n) is 8.60. The van der Waals surface area contributed by atoms with E-state index >= 15 is 0 Å². The summed E-state index contributed by atoms with van der Waals surface area (Å²) in [6.07, 6.45) is 0. The third-order valence-electron chi connectivity index (χ3n) is 4.61. The van der Waals surface area contributed by atoms with Gasteiger partial charge in [0.15, 0.2) is 0 Å². The van der Waals surface area contributed by atoms with Gasteiger partial charge in [-0.3, -0.25) is 4.72 Å². The van der Waals surface area contributed by atoms with E-state index in [1.807, 2.05) is 13.0 Å². The highest BCUT2D eigenvalue weighted by Gasteiger charge is 2.20. The van der Waals surface area contributed by atoms with E-state index < -0.39 is 10.0 Å². The lowest BCUT2D eigenvalue weighted by Crippen LogP contribution is -2.44. The Labute approximate surface area is 155 Å². The predicted molar refractivity (Wildman–Crippen MR) is 105 cm³/mol. The highest BCUT2D eigenvalue weighted by Crippen LogP contribution is 2.32. The van der Waals surface area contributed by atoms with Gasteiger partial charge in [0.25, 0.3) is 10.0 Å². The van der Waals surface area contributed by atoms with Gasteiger partial charge in [0, 0.05) is 26.2 Å². The molecule has 0 bridgehead atoms. The molecule has 0 unspecified atom stereocenters. The fourth-order valence-corrected chi connectivity index (χ4v) is 4.03. The molecular weight excluding hydrogens is 350 g/mol. The van der Waals surface area contributed by atoms with Gasteiger partial charge in [-0.15, -0.1) is 0 Å². The summed E-state index contributed by atoms with van der Waals surface area (Å²) in [5, 5.41) is 0. The number of methoxy groups -OCH3 is 1. The summed E-state index contributed by atoms with van der Waals surface area (Å²) in [6.45, 7) is 5.60. The van der Waals surface area contributed by atoms with Gasteiger partial charge in [0.1, 0.15) is 5.75 Å². The molecule has 0 saturated carbocycles. The molecule has 3 rings (SSSR count). The SMILES string of the molecule is COc1ccc(NS(=O)(=O)c2ccc(C)cc2)cc1N1CCN(C)CC1. The molecule has 140 valence electrons. The second-order valence-electron chi connectivity index (χ2n) is 6.60. The first-order valence-corrected chi connectivity index (χ1v) is 10.1. The van der Waals surface area contributed by atoms with Crippen molar-refractivity contribution in [2.75, 3.05) is 50.0 Å². The van der Waals surface area contributed by atoms with Gasteiger partial charge in [0.2, 0.25) is 0 Å². The van der Waals surface area contributed by atoms with E-state index in [1.165, 1.54) is 0 Å². The van der Waals surface area contributed by atoms with E-state index in [2.05, 4.69) is 21.6 Å². The normalized spacial score (nSPS) is 15.7. The van der Waals surface area contributed by atoms with Crippen molar-refractivity contribution in [2.45, 2.75) is 11.8 Å². The summed E-state index contributed by atoms with van der Waals surface area (Å²) in [4.78, 5) is 4.75. The number of anilines is 2. The minimum Gasteiger partial charge on any atom is -0.495 e. The lowest BCUT2D eigenvalue weighted by molar-refractivity contribution is 0.311. The molecule has 0 amide bonds. The van der Waals surface area contributed by atoms with Gasteiger partial charge in [-0.2, -0.15) is 0 Å². The van der Waals surface area contributed by atoms with Crippen LogP contribution in [-0.4, -0.2) is 53.7 Å². The number of nitrogens with one attached hydrogen (secondary N) is 1. The predicted octanol–water partition coefficient (Wildman–Crippen LogP) is 2.56. The number of likely N-dealkylation sites (N-methyl/N-ethyl adjacent to an activating group) is 1. The minimum atomic E-state index is -3.62. The Morgan fingerprint density at radius 2 is 1.65 bits per heavy atom. The van der Waals surface area contributed by atoms with E-state index in [9.17, 15) is 8.42 Å². The average Bonchev–Trinajstić information content (AvgIpc) is 2.62. The van der Waals surface area contributed by atoms with Gasteiger partial charge in [-0.25, -0.2) is 8.42 Å². The van der Waals surface area contributed by atoms with Crippen LogP contribution in [0.25, 0.3) is 0 Å². The van der Waals surface area contributed by atoms with E-state index in [0.29, 0.717) is 5.69 Å². The van der Waals surface area contributed by atoms with E-state index in [-0.39, 0.29) is 4.90 Å². The van der Waals surface area contributed by atoms with Crippen molar-refractivity contribution in [1.29, 1.82) is 0 Å². The lowest BCUT2D eigenvalue weighted by atomic mass is 10.2. The molecule has 1 heterocycles. The molecule has 0 aromatic heterocycles. The summed E-state index contributed by atoms with van der Waals surface area (Å²) >= 11 is 0. The standard InChI is InChI=1S/C19H25N3O3S/c1-15-4-7-17(8-5-15)26(23,24)20-16-6-9-19(25-3)18(14-16)22-12-10-21(2)11-13-22/h4-9,14,20H,10-13H2,1-3H3. The summed E-state index contributed by atoms with van der Waals surface area (Å²) in [5.74, 6) is 0.743. The Kier molecular flexibility index (Phi) is 5.38. The third-order valence-corrected chi connectivity index (χ3v) is 6.00. The zero-order valence-corrected chi connectivity index (χ0v) is 16.2. The Balaban J connectivity index is 1.86. The Morgan fingerprint density at radius 3 is 2.27 bits per heavy atom. The second-order valence-corrected chi connectivity index (χ2v) is 8.28. The van der Waals surface area contributed by atoms with E-state index in [4.69, 9.17) is 4.74 Å². The molecule has 1 fully saturated rings. The van der Waals surface area contributed by atoms with Crippen LogP contribution in [0, 0.1) is 6.92 Å². The maximum atomic E-state index is 12.6. The van der Waals surface area contributed by atoms with Crippen molar-refractivity contribution in [3.05, 3.63) is 48.0 Å². The average molecular weight is 375 g/mol. The van der Waals surface area contributed by atoms with E-state index in [1.54, 1.807) is 43.5 Å². The third kappa shape index (κ3) is 4.11. The van der Waals surface area contributed by atoms with Crippen LogP contribution in [0.5, 0.6) is 5.75 Å². The van der Waals surface area contributed by atoms with Crippen molar-refractivity contribution < 1.29 is 13.2 Å². The number of piperazine rings is 1. The molecular formula is C19H25N3O3S. The monoisotopic (exact) mass is 375 g/mol. The topological polar surface area (TPSA) is 61.9 Å². The smallest absolute Gasteiger partial charge is 0.261 e. The Bertz CT molecular complexity index is 858. The van der Waals surface area contributed by atoms with Gasteiger partial charge in [-0.05, 0) is 44.3 Å². The van der Waals surface area contributed by atoms with Crippen LogP contribution in [-0.2, 0) is 10.0 Å². The van der Waals surface area contributed by atoms with Gasteiger partial charge < -0.3 is 14.5 Å². The number of ether oxygens (including phenoxy) is 1. The summed E-state index contributed by atoms with van der Waals surface area (Å²) in [6, 6.07) is 12.2. The van der Waals surface area contributed by atoms with Crippen LogP contribution in [0.4, 0.5) is 11.4 Å².